The first-order valence-electron chi connectivity index (χ1n) is 16.1. The number of amides is 3. The first-order valence-corrected chi connectivity index (χ1v) is 16.1. The smallest absolute Gasteiger partial charge is 0.246 e. The number of benzene rings is 1. The Morgan fingerprint density at radius 2 is 1.67 bits per heavy atom. The lowest BCUT2D eigenvalue weighted by molar-refractivity contribution is -0.141. The zero-order valence-electron chi connectivity index (χ0n) is 25.4. The number of piperazine rings is 1. The number of anilines is 1. The van der Waals surface area contributed by atoms with Gasteiger partial charge in [-0.15, -0.1) is 0 Å². The zero-order chi connectivity index (χ0) is 29.4. The van der Waals surface area contributed by atoms with E-state index in [-0.39, 0.29) is 23.8 Å². The summed E-state index contributed by atoms with van der Waals surface area (Å²) < 4.78 is 6.53. The summed E-state index contributed by atoms with van der Waals surface area (Å²) in [6, 6.07) is 7.21. The molecule has 2 bridgehead atoms. The topological polar surface area (TPSA) is 94.2 Å². The summed E-state index contributed by atoms with van der Waals surface area (Å²) in [4.78, 5) is 48.6. The van der Waals surface area contributed by atoms with Crippen molar-refractivity contribution in [3.05, 3.63) is 42.0 Å². The van der Waals surface area contributed by atoms with Crippen LogP contribution >= 0.6 is 0 Å². The molecule has 0 aromatic heterocycles. The maximum atomic E-state index is 14.3. The Bertz CT molecular complexity index is 1190. The highest BCUT2D eigenvalue weighted by Gasteiger charge is 2.72. The molecule has 6 rings (SSSR count). The van der Waals surface area contributed by atoms with Crippen LogP contribution in [0.1, 0.15) is 64.4 Å². The molecule has 4 fully saturated rings. The van der Waals surface area contributed by atoms with Gasteiger partial charge in [0.05, 0.1) is 17.9 Å². The number of likely N-dealkylation sites (N-methyl/N-ethyl adjacent to an activating group) is 1. The molecule has 4 heterocycles. The monoisotopic (exact) mass is 577 g/mol. The van der Waals surface area contributed by atoms with E-state index in [0.717, 1.165) is 58.4 Å². The number of carbonyl (C=O) groups excluding carboxylic acids is 3. The van der Waals surface area contributed by atoms with Gasteiger partial charge in [-0.1, -0.05) is 64.3 Å². The Morgan fingerprint density at radius 1 is 0.976 bits per heavy atom. The highest BCUT2D eigenvalue weighted by molar-refractivity contribution is 6.02. The summed E-state index contributed by atoms with van der Waals surface area (Å²) >= 11 is 0. The maximum absolute atomic E-state index is 14.3. The number of hydrogen-bond donors (Lipinski definition) is 2. The van der Waals surface area contributed by atoms with Crippen molar-refractivity contribution in [1.82, 2.24) is 20.0 Å². The minimum Gasteiger partial charge on any atom is -0.359 e. The first kappa shape index (κ1) is 29.3. The molecule has 42 heavy (non-hydrogen) atoms. The largest absolute Gasteiger partial charge is 0.359 e. The molecule has 1 spiro atoms. The molecule has 5 aliphatic rings. The number of nitrogens with one attached hydrogen (secondary N) is 2. The average molecular weight is 578 g/mol. The maximum Gasteiger partial charge on any atom is 0.246 e. The lowest BCUT2D eigenvalue weighted by Gasteiger charge is -2.37. The van der Waals surface area contributed by atoms with Gasteiger partial charge in [-0.05, 0) is 43.0 Å². The van der Waals surface area contributed by atoms with E-state index in [1.807, 2.05) is 36.4 Å². The molecular weight excluding hydrogens is 530 g/mol. The third kappa shape index (κ3) is 5.40. The molecule has 2 N–H and O–H groups in total. The van der Waals surface area contributed by atoms with Gasteiger partial charge in [0, 0.05) is 51.0 Å². The Labute approximate surface area is 250 Å². The molecule has 3 saturated heterocycles. The Kier molecular flexibility index (Phi) is 8.44. The number of carbonyl (C=O) groups is 3. The number of hydrogen-bond acceptors (Lipinski definition) is 6. The van der Waals surface area contributed by atoms with Crippen molar-refractivity contribution < 1.29 is 19.1 Å². The summed E-state index contributed by atoms with van der Waals surface area (Å²) in [7, 11) is 0. The molecule has 4 aliphatic heterocycles. The normalized spacial score (nSPS) is 31.6. The van der Waals surface area contributed by atoms with Crippen LogP contribution in [0, 0.1) is 11.8 Å². The average Bonchev–Trinajstić information content (AvgIpc) is 3.64. The van der Waals surface area contributed by atoms with Gasteiger partial charge in [0.25, 0.3) is 0 Å². The highest BCUT2D eigenvalue weighted by Crippen LogP contribution is 2.55. The van der Waals surface area contributed by atoms with Crippen molar-refractivity contribution in [2.24, 2.45) is 11.8 Å². The summed E-state index contributed by atoms with van der Waals surface area (Å²) in [5.74, 6) is -1.53. The van der Waals surface area contributed by atoms with Crippen LogP contribution in [0.3, 0.4) is 0 Å². The number of rotatable bonds is 9. The van der Waals surface area contributed by atoms with E-state index >= 15 is 0 Å². The van der Waals surface area contributed by atoms with E-state index in [1.165, 1.54) is 12.0 Å². The van der Waals surface area contributed by atoms with Crippen LogP contribution in [0.5, 0.6) is 0 Å². The van der Waals surface area contributed by atoms with E-state index in [1.54, 1.807) is 4.90 Å². The van der Waals surface area contributed by atoms with Crippen molar-refractivity contribution in [2.75, 3.05) is 51.1 Å². The quantitative estimate of drug-likeness (QED) is 0.439. The molecule has 3 amide bonds. The van der Waals surface area contributed by atoms with E-state index in [9.17, 15) is 14.4 Å². The second kappa shape index (κ2) is 12.1. The second-order valence-electron chi connectivity index (χ2n) is 13.1. The molecule has 0 unspecified atom stereocenters. The molecule has 228 valence electrons. The fraction of sp³-hybridized carbons (Fsp3) is 0.667. The molecule has 1 aromatic rings. The van der Waals surface area contributed by atoms with Gasteiger partial charge in [0.15, 0.2) is 0 Å². The molecule has 1 saturated carbocycles. The van der Waals surface area contributed by atoms with E-state index in [4.69, 9.17) is 4.74 Å². The minimum atomic E-state index is -1.12. The Balaban J connectivity index is 1.23. The number of likely N-dealkylation sites (tertiary alicyclic amines) is 1. The SMILES string of the molecule is CCN1CCN(CCN2C(=O)[C@H]3[C@H](C(=O)Nc4ccc(C(C)C)cc4)[C@H]4C=C[C@@]3(O4)[C@@H]2C(=O)NC2CCCCC2)CC1. The van der Waals surface area contributed by atoms with Gasteiger partial charge in [-0.2, -0.15) is 0 Å². The Hall–Kier alpha value is -2.75. The fourth-order valence-electron chi connectivity index (χ4n) is 7.79. The summed E-state index contributed by atoms with van der Waals surface area (Å²) in [6.07, 6.45) is 8.61. The van der Waals surface area contributed by atoms with Crippen LogP contribution in [0.25, 0.3) is 0 Å². The Morgan fingerprint density at radius 3 is 2.33 bits per heavy atom. The standard InChI is InChI=1S/C33H47N5O4/c1-4-36-16-18-37(19-17-36)20-21-38-29(31(40)35-24-8-6-5-7-9-24)33-15-14-26(42-33)27(28(33)32(38)41)30(39)34-25-12-10-23(11-13-25)22(2)3/h10-15,22,24,26-29H,4-9,16-21H2,1-3H3,(H,34,39)(H,35,40)/t26-,27-,28-,29+,33+/m1/s1. The molecule has 1 aliphatic carbocycles. The lowest BCUT2D eigenvalue weighted by atomic mass is 9.74. The van der Waals surface area contributed by atoms with E-state index < -0.39 is 29.6 Å². The van der Waals surface area contributed by atoms with Crippen LogP contribution in [0.4, 0.5) is 5.69 Å². The number of fused-ring (bicyclic) bond motifs is 1. The molecule has 5 atom stereocenters. The van der Waals surface area contributed by atoms with Gasteiger partial charge in [-0.25, -0.2) is 0 Å². The van der Waals surface area contributed by atoms with Crippen LogP contribution in [0.15, 0.2) is 36.4 Å². The second-order valence-corrected chi connectivity index (χ2v) is 13.1. The molecule has 0 radical (unpaired) electrons. The van der Waals surface area contributed by atoms with Crippen molar-refractivity contribution in [1.29, 1.82) is 0 Å². The summed E-state index contributed by atoms with van der Waals surface area (Å²) in [6.45, 7) is 12.6. The minimum absolute atomic E-state index is 0.122. The lowest BCUT2D eigenvalue weighted by Crippen LogP contribution is -2.57. The number of ether oxygens (including phenoxy) is 1. The van der Waals surface area contributed by atoms with Gasteiger partial charge < -0.3 is 25.2 Å². The molecule has 9 heteroatoms. The summed E-state index contributed by atoms with van der Waals surface area (Å²) in [5.41, 5.74) is 0.776. The predicted molar refractivity (Wildman–Crippen MR) is 162 cm³/mol. The van der Waals surface area contributed by atoms with Crippen LogP contribution in [0.2, 0.25) is 0 Å². The fourth-order valence-corrected chi connectivity index (χ4v) is 7.79. The van der Waals surface area contributed by atoms with Crippen molar-refractivity contribution in [3.63, 3.8) is 0 Å². The third-order valence-electron chi connectivity index (χ3n) is 10.3. The van der Waals surface area contributed by atoms with Gasteiger partial charge in [0.2, 0.25) is 17.7 Å². The van der Waals surface area contributed by atoms with E-state index in [0.29, 0.717) is 24.7 Å². The summed E-state index contributed by atoms with van der Waals surface area (Å²) in [5, 5.41) is 6.33. The predicted octanol–water partition coefficient (Wildman–Crippen LogP) is 2.99. The molecular formula is C33H47N5O4. The van der Waals surface area contributed by atoms with Gasteiger partial charge in [0.1, 0.15) is 11.6 Å². The van der Waals surface area contributed by atoms with Gasteiger partial charge >= 0.3 is 0 Å². The highest BCUT2D eigenvalue weighted by atomic mass is 16.5. The first-order chi connectivity index (χ1) is 20.3. The van der Waals surface area contributed by atoms with Crippen LogP contribution < -0.4 is 10.6 Å². The molecule has 9 nitrogen and oxygen atoms in total. The van der Waals surface area contributed by atoms with Crippen molar-refractivity contribution >= 4 is 23.4 Å². The van der Waals surface area contributed by atoms with Gasteiger partial charge in [-0.3, -0.25) is 19.3 Å². The van der Waals surface area contributed by atoms with Crippen LogP contribution in [-0.2, 0) is 19.1 Å². The van der Waals surface area contributed by atoms with Crippen LogP contribution in [-0.4, -0.2) is 102 Å². The zero-order valence-corrected chi connectivity index (χ0v) is 25.4. The third-order valence-corrected chi connectivity index (χ3v) is 10.3. The van der Waals surface area contributed by atoms with Crippen molar-refractivity contribution in [2.45, 2.75) is 82.6 Å². The van der Waals surface area contributed by atoms with Crippen molar-refractivity contribution in [3.8, 4) is 0 Å². The number of nitrogens with zero attached hydrogens (tertiary/aromatic N) is 3. The van der Waals surface area contributed by atoms with E-state index in [2.05, 4.69) is 41.2 Å². The molecule has 1 aromatic carbocycles.